The second-order valence-electron chi connectivity index (χ2n) is 1.12. The van der Waals surface area contributed by atoms with Crippen LogP contribution in [0.5, 0.6) is 0 Å². The minimum Gasteiger partial charge on any atom is -0.851 e. The van der Waals surface area contributed by atoms with E-state index in [1.807, 2.05) is 19.1 Å². The van der Waals surface area contributed by atoms with E-state index in [-0.39, 0.29) is 36.2 Å². The molecule has 0 aliphatic carbocycles. The quantitative estimate of drug-likeness (QED) is 0.291. The standard InChI is InChI=1S/C6H9O.Na/c1-2-3-4-5-6-7;/h2-5H,6H2,1H3;/q-1;+1. The van der Waals surface area contributed by atoms with Gasteiger partial charge in [0.2, 0.25) is 0 Å². The predicted molar refractivity (Wildman–Crippen MR) is 28.8 cm³/mol. The molecular weight excluding hydrogens is 111 g/mol. The van der Waals surface area contributed by atoms with Gasteiger partial charge in [0, 0.05) is 0 Å². The van der Waals surface area contributed by atoms with E-state index < -0.39 is 0 Å². The van der Waals surface area contributed by atoms with Crippen molar-refractivity contribution in [1.29, 1.82) is 0 Å². The summed E-state index contributed by atoms with van der Waals surface area (Å²) in [5.74, 6) is 0. The summed E-state index contributed by atoms with van der Waals surface area (Å²) in [6.07, 6.45) is 7.02. The maximum Gasteiger partial charge on any atom is 1.00 e. The van der Waals surface area contributed by atoms with Gasteiger partial charge in [-0.1, -0.05) is 18.2 Å². The molecule has 0 unspecified atom stereocenters. The Hall–Kier alpha value is 0.440. The Kier molecular flexibility index (Phi) is 14.7. The van der Waals surface area contributed by atoms with Gasteiger partial charge in [-0.25, -0.2) is 0 Å². The number of allylic oxidation sites excluding steroid dienone is 3. The topological polar surface area (TPSA) is 23.1 Å². The first-order valence-corrected chi connectivity index (χ1v) is 2.27. The van der Waals surface area contributed by atoms with Crippen molar-refractivity contribution in [1.82, 2.24) is 0 Å². The van der Waals surface area contributed by atoms with Crippen molar-refractivity contribution in [2.75, 3.05) is 6.61 Å². The van der Waals surface area contributed by atoms with Crippen LogP contribution in [0.15, 0.2) is 24.3 Å². The molecule has 8 heavy (non-hydrogen) atoms. The molecule has 1 nitrogen and oxygen atoms in total. The largest absolute Gasteiger partial charge is 1.00 e. The van der Waals surface area contributed by atoms with Gasteiger partial charge in [-0.3, -0.25) is 0 Å². The first-order valence-electron chi connectivity index (χ1n) is 2.27. The third kappa shape index (κ3) is 9.67. The number of rotatable bonds is 2. The van der Waals surface area contributed by atoms with Crippen LogP contribution in [0.3, 0.4) is 0 Å². The van der Waals surface area contributed by atoms with E-state index in [1.165, 1.54) is 0 Å². The average Bonchev–Trinajstić information content (AvgIpc) is 1.69. The van der Waals surface area contributed by atoms with Crippen LogP contribution in [-0.4, -0.2) is 6.61 Å². The molecule has 0 aromatic rings. The third-order valence-electron chi connectivity index (χ3n) is 0.536. The van der Waals surface area contributed by atoms with Crippen molar-refractivity contribution in [2.45, 2.75) is 6.92 Å². The monoisotopic (exact) mass is 120 g/mol. The molecule has 0 aliphatic heterocycles. The van der Waals surface area contributed by atoms with Crippen LogP contribution in [0.2, 0.25) is 0 Å². The van der Waals surface area contributed by atoms with Gasteiger partial charge in [-0.2, -0.15) is 0 Å². The van der Waals surface area contributed by atoms with Crippen LogP contribution < -0.4 is 34.7 Å². The van der Waals surface area contributed by atoms with Crippen molar-refractivity contribution in [3.8, 4) is 0 Å². The van der Waals surface area contributed by atoms with Crippen molar-refractivity contribution in [2.24, 2.45) is 0 Å². The minimum atomic E-state index is -0.121. The summed E-state index contributed by atoms with van der Waals surface area (Å²) in [6, 6.07) is 0. The molecule has 40 valence electrons. The Bertz CT molecular complexity index is 76.6. The molecule has 0 spiro atoms. The maximum atomic E-state index is 9.68. The van der Waals surface area contributed by atoms with Gasteiger partial charge < -0.3 is 5.11 Å². The summed E-state index contributed by atoms with van der Waals surface area (Å²) in [5.41, 5.74) is 0. The van der Waals surface area contributed by atoms with Crippen LogP contribution in [-0.2, 0) is 0 Å². The van der Waals surface area contributed by atoms with Crippen LogP contribution in [0.4, 0.5) is 0 Å². The average molecular weight is 120 g/mol. The molecule has 0 aliphatic rings. The molecule has 0 bridgehead atoms. The fourth-order valence-electron chi connectivity index (χ4n) is 0.245. The zero-order valence-electron chi connectivity index (χ0n) is 5.42. The Morgan fingerprint density at radius 2 is 2.00 bits per heavy atom. The molecular formula is C6H9NaO. The van der Waals surface area contributed by atoms with E-state index in [0.717, 1.165) is 0 Å². The van der Waals surface area contributed by atoms with E-state index in [1.54, 1.807) is 12.2 Å². The summed E-state index contributed by atoms with van der Waals surface area (Å²) >= 11 is 0. The molecule has 0 amide bonds. The van der Waals surface area contributed by atoms with Gasteiger partial charge in [-0.05, 0) is 6.92 Å². The minimum absolute atomic E-state index is 0. The molecule has 0 rings (SSSR count). The summed E-state index contributed by atoms with van der Waals surface area (Å²) in [5, 5.41) is 9.68. The first kappa shape index (κ1) is 11.3. The van der Waals surface area contributed by atoms with Crippen LogP contribution >= 0.6 is 0 Å². The summed E-state index contributed by atoms with van der Waals surface area (Å²) < 4.78 is 0. The molecule has 0 radical (unpaired) electrons. The van der Waals surface area contributed by atoms with Crippen LogP contribution in [0, 0.1) is 0 Å². The number of hydrogen-bond acceptors (Lipinski definition) is 1. The van der Waals surface area contributed by atoms with Crippen LogP contribution in [0.1, 0.15) is 6.92 Å². The predicted octanol–water partition coefficient (Wildman–Crippen LogP) is -2.52. The van der Waals surface area contributed by atoms with Crippen molar-refractivity contribution < 1.29 is 34.7 Å². The van der Waals surface area contributed by atoms with Crippen LogP contribution in [0.25, 0.3) is 0 Å². The third-order valence-corrected chi connectivity index (χ3v) is 0.536. The van der Waals surface area contributed by atoms with Gasteiger partial charge in [0.25, 0.3) is 0 Å². The van der Waals surface area contributed by atoms with Crippen molar-refractivity contribution in [3.05, 3.63) is 24.3 Å². The molecule has 0 aromatic carbocycles. The molecule has 0 fully saturated rings. The zero-order chi connectivity index (χ0) is 5.54. The Morgan fingerprint density at radius 1 is 1.38 bits per heavy atom. The molecule has 0 saturated heterocycles. The van der Waals surface area contributed by atoms with Gasteiger partial charge in [0.15, 0.2) is 0 Å². The van der Waals surface area contributed by atoms with E-state index in [2.05, 4.69) is 0 Å². The van der Waals surface area contributed by atoms with Gasteiger partial charge >= 0.3 is 29.6 Å². The van der Waals surface area contributed by atoms with E-state index in [0.29, 0.717) is 0 Å². The zero-order valence-corrected chi connectivity index (χ0v) is 7.42. The first-order chi connectivity index (χ1) is 3.41. The van der Waals surface area contributed by atoms with Gasteiger partial charge in [0.1, 0.15) is 0 Å². The van der Waals surface area contributed by atoms with E-state index >= 15 is 0 Å². The molecule has 0 N–H and O–H groups in total. The summed E-state index contributed by atoms with van der Waals surface area (Å²) in [7, 11) is 0. The molecule has 0 aromatic heterocycles. The SMILES string of the molecule is CC=CC=CC[O-].[Na+]. The normalized spacial score (nSPS) is 10.2. The second kappa shape index (κ2) is 10.4. The fourth-order valence-corrected chi connectivity index (χ4v) is 0.245. The van der Waals surface area contributed by atoms with Gasteiger partial charge in [0.05, 0.1) is 0 Å². The fraction of sp³-hybridized carbons (Fsp3) is 0.333. The smallest absolute Gasteiger partial charge is 0.851 e. The molecule has 0 saturated carbocycles. The summed E-state index contributed by atoms with van der Waals surface area (Å²) in [4.78, 5) is 0. The Morgan fingerprint density at radius 3 is 2.38 bits per heavy atom. The molecule has 2 heteroatoms. The van der Waals surface area contributed by atoms with E-state index in [4.69, 9.17) is 0 Å². The molecule has 0 atom stereocenters. The summed E-state index contributed by atoms with van der Waals surface area (Å²) in [6.45, 7) is 1.79. The Labute approximate surface area is 72.4 Å². The van der Waals surface area contributed by atoms with Crippen molar-refractivity contribution in [3.63, 3.8) is 0 Å². The van der Waals surface area contributed by atoms with Gasteiger partial charge in [-0.15, -0.1) is 12.7 Å². The second-order valence-corrected chi connectivity index (χ2v) is 1.12. The maximum absolute atomic E-state index is 9.68. The molecule has 0 heterocycles. The van der Waals surface area contributed by atoms with Crippen molar-refractivity contribution >= 4 is 0 Å². The van der Waals surface area contributed by atoms with E-state index in [9.17, 15) is 5.11 Å². The number of hydrogen-bond donors (Lipinski definition) is 0. The Balaban J connectivity index is 0.